The van der Waals surface area contributed by atoms with Gasteiger partial charge in [-0.2, -0.15) is 4.31 Å². The highest BCUT2D eigenvalue weighted by molar-refractivity contribution is 7.89. The molecule has 5 nitrogen and oxygen atoms in total. The summed E-state index contributed by atoms with van der Waals surface area (Å²) in [5, 5.41) is 1.44. The molecule has 8 heteroatoms. The molecule has 1 aliphatic rings. The van der Waals surface area contributed by atoms with E-state index in [4.69, 9.17) is 16.3 Å². The van der Waals surface area contributed by atoms with Gasteiger partial charge in [0.2, 0.25) is 10.0 Å². The molecule has 0 atom stereocenters. The third kappa shape index (κ3) is 4.43. The number of halogens is 2. The molecule has 0 bridgehead atoms. The van der Waals surface area contributed by atoms with Crippen LogP contribution in [0.3, 0.4) is 0 Å². The number of benzene rings is 3. The number of sulfonamides is 1. The summed E-state index contributed by atoms with van der Waals surface area (Å²) in [4.78, 5) is 0.0669. The maximum absolute atomic E-state index is 13.8. The molecule has 0 aliphatic carbocycles. The van der Waals surface area contributed by atoms with Gasteiger partial charge in [-0.3, -0.25) is 0 Å². The van der Waals surface area contributed by atoms with Crippen LogP contribution in [0.2, 0.25) is 5.02 Å². The molecule has 0 saturated heterocycles. The number of para-hydroxylation sites is 1. The maximum Gasteiger partial charge on any atom is 0.247 e. The summed E-state index contributed by atoms with van der Waals surface area (Å²) in [5.74, 6) is 0.0138. The lowest BCUT2D eigenvalue weighted by atomic mass is 9.97. The lowest BCUT2D eigenvalue weighted by Crippen LogP contribution is -2.35. The Labute approximate surface area is 215 Å². The average molecular weight is 525 g/mol. The first-order chi connectivity index (χ1) is 17.3. The second-order valence-electron chi connectivity index (χ2n) is 8.83. The van der Waals surface area contributed by atoms with Gasteiger partial charge in [-0.15, -0.1) is 0 Å². The van der Waals surface area contributed by atoms with Gasteiger partial charge >= 0.3 is 0 Å². The molecule has 0 unspecified atom stereocenters. The Hall–Kier alpha value is -3.13. The van der Waals surface area contributed by atoms with Crippen LogP contribution < -0.4 is 4.74 Å². The van der Waals surface area contributed by atoms with Crippen molar-refractivity contribution in [1.82, 2.24) is 8.87 Å². The van der Waals surface area contributed by atoms with E-state index < -0.39 is 10.0 Å². The van der Waals surface area contributed by atoms with E-state index >= 15 is 0 Å². The normalized spacial score (nSPS) is 14.7. The molecule has 2 heterocycles. The Morgan fingerprint density at radius 3 is 2.58 bits per heavy atom. The first-order valence-electron chi connectivity index (χ1n) is 11.6. The van der Waals surface area contributed by atoms with E-state index in [0.717, 1.165) is 33.3 Å². The molecule has 3 aromatic carbocycles. The van der Waals surface area contributed by atoms with Crippen molar-refractivity contribution in [2.75, 3.05) is 20.2 Å². The zero-order valence-electron chi connectivity index (χ0n) is 20.0. The Morgan fingerprint density at radius 1 is 1.06 bits per heavy atom. The van der Waals surface area contributed by atoms with Crippen LogP contribution in [0.4, 0.5) is 4.39 Å². The number of aromatic nitrogens is 1. The quantitative estimate of drug-likeness (QED) is 0.298. The SMILES string of the molecule is COc1ccc(Cl)cc1S(=O)(=O)N1CC=C(c2c(C)n(Cc3cccc(F)c3)c3ccccc23)CC1. The third-order valence-electron chi connectivity index (χ3n) is 6.70. The summed E-state index contributed by atoms with van der Waals surface area (Å²) in [6.45, 7) is 3.20. The number of methoxy groups -OCH3 is 1. The largest absolute Gasteiger partial charge is 0.495 e. The monoisotopic (exact) mass is 524 g/mol. The van der Waals surface area contributed by atoms with E-state index in [1.807, 2.05) is 24.3 Å². The first kappa shape index (κ1) is 24.6. The molecule has 36 heavy (non-hydrogen) atoms. The molecule has 1 aliphatic heterocycles. The summed E-state index contributed by atoms with van der Waals surface area (Å²) < 4.78 is 49.5. The van der Waals surface area contributed by atoms with E-state index in [0.29, 0.717) is 24.5 Å². The molecule has 4 aromatic rings. The molecule has 1 aromatic heterocycles. The Bertz CT molecular complexity index is 1590. The fourth-order valence-electron chi connectivity index (χ4n) is 4.95. The summed E-state index contributed by atoms with van der Waals surface area (Å²) in [6, 6.07) is 19.4. The molecular weight excluding hydrogens is 499 g/mol. The van der Waals surface area contributed by atoms with Gasteiger partial charge in [-0.25, -0.2) is 12.8 Å². The lowest BCUT2D eigenvalue weighted by Gasteiger charge is -2.27. The van der Waals surface area contributed by atoms with Gasteiger partial charge < -0.3 is 9.30 Å². The Kier molecular flexibility index (Phi) is 6.64. The number of ether oxygens (including phenoxy) is 1. The number of fused-ring (bicyclic) bond motifs is 1. The third-order valence-corrected chi connectivity index (χ3v) is 8.82. The van der Waals surface area contributed by atoms with Crippen molar-refractivity contribution in [2.45, 2.75) is 24.8 Å². The molecule has 0 spiro atoms. The van der Waals surface area contributed by atoms with Gasteiger partial charge in [0, 0.05) is 46.8 Å². The number of nitrogens with zero attached hydrogens (tertiary/aromatic N) is 2. The zero-order valence-corrected chi connectivity index (χ0v) is 21.6. The highest BCUT2D eigenvalue weighted by atomic mass is 35.5. The molecule has 0 amide bonds. The highest BCUT2D eigenvalue weighted by Crippen LogP contribution is 2.37. The van der Waals surface area contributed by atoms with Crippen molar-refractivity contribution in [1.29, 1.82) is 0 Å². The molecular formula is C28H26ClFN2O3S. The molecule has 186 valence electrons. The summed E-state index contributed by atoms with van der Waals surface area (Å²) in [6.07, 6.45) is 2.55. The maximum atomic E-state index is 13.8. The van der Waals surface area contributed by atoms with E-state index in [-0.39, 0.29) is 23.0 Å². The summed E-state index contributed by atoms with van der Waals surface area (Å²) in [5.41, 5.74) is 5.23. The van der Waals surface area contributed by atoms with Gasteiger partial charge in [0.25, 0.3) is 0 Å². The van der Waals surface area contributed by atoms with Crippen LogP contribution in [-0.4, -0.2) is 37.5 Å². The van der Waals surface area contributed by atoms with E-state index in [1.54, 1.807) is 24.3 Å². The van der Waals surface area contributed by atoms with Gasteiger partial charge in [-0.1, -0.05) is 48.0 Å². The van der Waals surface area contributed by atoms with Crippen molar-refractivity contribution in [3.8, 4) is 5.75 Å². The van der Waals surface area contributed by atoms with Gasteiger partial charge in [0.1, 0.15) is 16.5 Å². The number of rotatable bonds is 6. The first-order valence-corrected chi connectivity index (χ1v) is 13.5. The minimum atomic E-state index is -3.79. The van der Waals surface area contributed by atoms with Crippen LogP contribution in [0, 0.1) is 12.7 Å². The van der Waals surface area contributed by atoms with E-state index in [2.05, 4.69) is 23.6 Å². The van der Waals surface area contributed by atoms with Crippen molar-refractivity contribution in [2.24, 2.45) is 0 Å². The van der Waals surface area contributed by atoms with Crippen LogP contribution in [0.5, 0.6) is 5.75 Å². The Balaban J connectivity index is 1.50. The minimum absolute atomic E-state index is 0.0669. The van der Waals surface area contributed by atoms with Crippen LogP contribution in [0.1, 0.15) is 23.2 Å². The standard InChI is InChI=1S/C28H26ClFN2O3S/c1-19-28(24-8-3-4-9-25(24)32(19)18-20-6-5-7-23(30)16-20)21-12-14-31(15-13-21)36(33,34)27-17-22(29)10-11-26(27)35-2/h3-12,16-17H,13-15,18H2,1-2H3. The van der Waals surface area contributed by atoms with Crippen LogP contribution in [0.25, 0.3) is 16.5 Å². The molecule has 0 N–H and O–H groups in total. The van der Waals surface area contributed by atoms with Crippen LogP contribution in [-0.2, 0) is 16.6 Å². The molecule has 0 saturated carbocycles. The number of hydrogen-bond acceptors (Lipinski definition) is 3. The minimum Gasteiger partial charge on any atom is -0.495 e. The second kappa shape index (κ2) is 9.73. The van der Waals surface area contributed by atoms with Crippen molar-refractivity contribution >= 4 is 38.1 Å². The lowest BCUT2D eigenvalue weighted by molar-refractivity contribution is 0.395. The summed E-state index contributed by atoms with van der Waals surface area (Å²) >= 11 is 6.09. The van der Waals surface area contributed by atoms with Gasteiger partial charge in [0.15, 0.2) is 0 Å². The van der Waals surface area contributed by atoms with E-state index in [9.17, 15) is 12.8 Å². The smallest absolute Gasteiger partial charge is 0.247 e. The zero-order chi connectivity index (χ0) is 25.4. The fourth-order valence-corrected chi connectivity index (χ4v) is 6.74. The predicted molar refractivity (Wildman–Crippen MR) is 142 cm³/mol. The van der Waals surface area contributed by atoms with Gasteiger partial charge in [0.05, 0.1) is 7.11 Å². The summed E-state index contributed by atoms with van der Waals surface area (Å²) in [7, 11) is -2.34. The van der Waals surface area contributed by atoms with Crippen molar-refractivity contribution in [3.63, 3.8) is 0 Å². The molecule has 0 radical (unpaired) electrons. The molecule has 5 rings (SSSR count). The highest BCUT2D eigenvalue weighted by Gasteiger charge is 2.30. The van der Waals surface area contributed by atoms with Gasteiger partial charge in [-0.05, 0) is 60.9 Å². The fraction of sp³-hybridized carbons (Fsp3) is 0.214. The average Bonchev–Trinajstić information content (AvgIpc) is 3.15. The van der Waals surface area contributed by atoms with Crippen LogP contribution >= 0.6 is 11.6 Å². The molecule has 0 fully saturated rings. The number of hydrogen-bond donors (Lipinski definition) is 0. The van der Waals surface area contributed by atoms with E-state index in [1.165, 1.54) is 23.5 Å². The predicted octanol–water partition coefficient (Wildman–Crippen LogP) is 6.28. The second-order valence-corrected chi connectivity index (χ2v) is 11.2. The van der Waals surface area contributed by atoms with Crippen molar-refractivity contribution < 1.29 is 17.5 Å². The van der Waals surface area contributed by atoms with Crippen molar-refractivity contribution in [3.05, 3.63) is 100 Å². The Morgan fingerprint density at radius 2 is 1.86 bits per heavy atom. The topological polar surface area (TPSA) is 51.5 Å². The van der Waals surface area contributed by atoms with Crippen LogP contribution in [0.15, 0.2) is 77.7 Å².